The van der Waals surface area contributed by atoms with Crippen LogP contribution in [0.2, 0.25) is 5.02 Å². The lowest BCUT2D eigenvalue weighted by atomic mass is 9.86. The van der Waals surface area contributed by atoms with Crippen LogP contribution >= 0.6 is 11.6 Å². The van der Waals surface area contributed by atoms with Gasteiger partial charge in [-0.05, 0) is 48.1 Å². The van der Waals surface area contributed by atoms with E-state index in [0.29, 0.717) is 16.3 Å². The Hall–Kier alpha value is -2.05. The van der Waals surface area contributed by atoms with Gasteiger partial charge in [-0.15, -0.1) is 0 Å². The summed E-state index contributed by atoms with van der Waals surface area (Å²) in [6.45, 7) is 9.72. The molecule has 2 rings (SSSR count). The summed E-state index contributed by atoms with van der Waals surface area (Å²) in [5.74, 6) is -0.387. The molecule has 1 N–H and O–H groups in total. The molecule has 0 spiro atoms. The molecule has 1 atom stereocenters. The van der Waals surface area contributed by atoms with E-state index >= 15 is 0 Å². The molecule has 0 aromatic heterocycles. The normalized spacial score (nSPS) is 13.1. The molecular weight excluding hydrogens is 408 g/mol. The van der Waals surface area contributed by atoms with Crippen molar-refractivity contribution in [3.05, 3.63) is 64.2 Å². The van der Waals surface area contributed by atoms with Crippen molar-refractivity contribution in [3.8, 4) is 0 Å². The summed E-state index contributed by atoms with van der Waals surface area (Å²) in [7, 11) is -3.66. The van der Waals surface area contributed by atoms with Crippen LogP contribution in [0.15, 0.2) is 42.5 Å². The highest BCUT2D eigenvalue weighted by atomic mass is 35.5. The number of amides is 1. The monoisotopic (exact) mass is 436 g/mol. The number of benzene rings is 2. The average Bonchev–Trinajstić information content (AvgIpc) is 2.61. The fourth-order valence-corrected chi connectivity index (χ4v) is 4.10. The number of sulfonamides is 1. The van der Waals surface area contributed by atoms with Crippen molar-refractivity contribution < 1.29 is 13.2 Å². The van der Waals surface area contributed by atoms with Crippen molar-refractivity contribution in [2.45, 2.75) is 46.1 Å². The molecule has 2 aromatic rings. The Balaban J connectivity index is 2.17. The van der Waals surface area contributed by atoms with E-state index in [4.69, 9.17) is 11.6 Å². The van der Waals surface area contributed by atoms with Crippen LogP contribution in [0, 0.1) is 6.92 Å². The van der Waals surface area contributed by atoms with E-state index in [-0.39, 0.29) is 23.9 Å². The highest BCUT2D eigenvalue weighted by Crippen LogP contribution is 2.28. The van der Waals surface area contributed by atoms with Gasteiger partial charge in [0.25, 0.3) is 0 Å². The number of hydrogen-bond acceptors (Lipinski definition) is 3. The molecule has 0 aliphatic heterocycles. The average molecular weight is 437 g/mol. The standard InChI is InChI=1S/C22H29ClN2O3S/c1-15-19(23)8-7-9-20(15)25(29(6,27)28)14-21(26)24-16(2)17-10-12-18(13-11-17)22(3,4)5/h7-13,16H,14H2,1-6H3,(H,24,26)/t16-/m1/s1. The molecule has 0 saturated carbocycles. The quantitative estimate of drug-likeness (QED) is 0.720. The number of rotatable bonds is 6. The molecular formula is C22H29ClN2O3S. The van der Waals surface area contributed by atoms with Crippen molar-refractivity contribution in [2.75, 3.05) is 17.1 Å². The molecule has 0 unspecified atom stereocenters. The molecule has 0 aliphatic carbocycles. The van der Waals surface area contributed by atoms with Crippen LogP contribution in [0.25, 0.3) is 0 Å². The Bertz CT molecular complexity index is 980. The van der Waals surface area contributed by atoms with Gasteiger partial charge < -0.3 is 5.32 Å². The predicted octanol–water partition coefficient (Wildman–Crippen LogP) is 4.59. The summed E-state index contributed by atoms with van der Waals surface area (Å²) >= 11 is 6.13. The zero-order chi connectivity index (χ0) is 22.0. The maximum atomic E-state index is 12.6. The molecule has 0 saturated heterocycles. The Morgan fingerprint density at radius 3 is 2.24 bits per heavy atom. The van der Waals surface area contributed by atoms with E-state index in [1.54, 1.807) is 25.1 Å². The van der Waals surface area contributed by atoms with Crippen LogP contribution in [0.1, 0.15) is 50.4 Å². The summed E-state index contributed by atoms with van der Waals surface area (Å²) in [6, 6.07) is 12.8. The van der Waals surface area contributed by atoms with E-state index in [1.165, 1.54) is 5.56 Å². The molecule has 29 heavy (non-hydrogen) atoms. The predicted molar refractivity (Wildman–Crippen MR) is 120 cm³/mol. The molecule has 7 heteroatoms. The Labute approximate surface area is 179 Å². The lowest BCUT2D eigenvalue weighted by molar-refractivity contribution is -0.120. The number of nitrogens with one attached hydrogen (secondary N) is 1. The number of halogens is 1. The lowest BCUT2D eigenvalue weighted by Gasteiger charge is -2.25. The van der Waals surface area contributed by atoms with Gasteiger partial charge in [0.2, 0.25) is 15.9 Å². The fourth-order valence-electron chi connectivity index (χ4n) is 3.02. The van der Waals surface area contributed by atoms with Gasteiger partial charge in [-0.25, -0.2) is 8.42 Å². The highest BCUT2D eigenvalue weighted by Gasteiger charge is 2.24. The van der Waals surface area contributed by atoms with Crippen LogP contribution in [-0.2, 0) is 20.2 Å². The van der Waals surface area contributed by atoms with Crippen molar-refractivity contribution >= 4 is 33.2 Å². The molecule has 0 radical (unpaired) electrons. The first-order chi connectivity index (χ1) is 13.3. The first kappa shape index (κ1) is 23.2. The molecule has 2 aromatic carbocycles. The van der Waals surface area contributed by atoms with Crippen LogP contribution < -0.4 is 9.62 Å². The Morgan fingerprint density at radius 2 is 1.72 bits per heavy atom. The minimum atomic E-state index is -3.66. The van der Waals surface area contributed by atoms with Gasteiger partial charge in [-0.3, -0.25) is 9.10 Å². The zero-order valence-electron chi connectivity index (χ0n) is 17.8. The second-order valence-corrected chi connectivity index (χ2v) is 10.6. The summed E-state index contributed by atoms with van der Waals surface area (Å²) in [5.41, 5.74) is 3.22. The van der Waals surface area contributed by atoms with Crippen LogP contribution in [0.4, 0.5) is 5.69 Å². The molecule has 5 nitrogen and oxygen atoms in total. The van der Waals surface area contributed by atoms with Gasteiger partial charge in [0.05, 0.1) is 18.0 Å². The maximum Gasteiger partial charge on any atom is 0.241 e. The minimum absolute atomic E-state index is 0.0514. The SMILES string of the molecule is Cc1c(Cl)cccc1N(CC(=O)N[C@H](C)c1ccc(C(C)(C)C)cc1)S(C)(=O)=O. The van der Waals surface area contributed by atoms with Crippen molar-refractivity contribution in [3.63, 3.8) is 0 Å². The third-order valence-electron chi connectivity index (χ3n) is 4.85. The van der Waals surface area contributed by atoms with Crippen molar-refractivity contribution in [1.82, 2.24) is 5.32 Å². The smallest absolute Gasteiger partial charge is 0.241 e. The number of hydrogen-bond donors (Lipinski definition) is 1. The fraction of sp³-hybridized carbons (Fsp3) is 0.409. The van der Waals surface area contributed by atoms with E-state index in [1.807, 2.05) is 19.1 Å². The van der Waals surface area contributed by atoms with E-state index in [0.717, 1.165) is 16.1 Å². The third-order valence-corrected chi connectivity index (χ3v) is 6.39. The largest absolute Gasteiger partial charge is 0.348 e. The molecule has 1 amide bonds. The van der Waals surface area contributed by atoms with E-state index in [9.17, 15) is 13.2 Å². The Kier molecular flexibility index (Phi) is 7.01. The number of carbonyl (C=O) groups excluding carboxylic acids is 1. The summed E-state index contributed by atoms with van der Waals surface area (Å²) in [4.78, 5) is 12.6. The van der Waals surface area contributed by atoms with Crippen molar-refractivity contribution in [2.24, 2.45) is 0 Å². The third kappa shape index (κ3) is 5.97. The first-order valence-corrected chi connectivity index (χ1v) is 11.7. The topological polar surface area (TPSA) is 66.5 Å². The van der Waals surface area contributed by atoms with Gasteiger partial charge in [-0.2, -0.15) is 0 Å². The second kappa shape index (κ2) is 8.76. The summed E-state index contributed by atoms with van der Waals surface area (Å²) < 4.78 is 25.7. The van der Waals surface area contributed by atoms with E-state index < -0.39 is 10.0 Å². The zero-order valence-corrected chi connectivity index (χ0v) is 19.4. The van der Waals surface area contributed by atoms with E-state index in [2.05, 4.69) is 38.2 Å². The second-order valence-electron chi connectivity index (χ2n) is 8.31. The van der Waals surface area contributed by atoms with Crippen LogP contribution in [0.3, 0.4) is 0 Å². The molecule has 0 aliphatic rings. The highest BCUT2D eigenvalue weighted by molar-refractivity contribution is 7.92. The number of nitrogens with zero attached hydrogens (tertiary/aromatic N) is 1. The maximum absolute atomic E-state index is 12.6. The minimum Gasteiger partial charge on any atom is -0.348 e. The molecule has 0 fully saturated rings. The van der Waals surface area contributed by atoms with Gasteiger partial charge in [0, 0.05) is 5.02 Å². The van der Waals surface area contributed by atoms with Crippen LogP contribution in [-0.4, -0.2) is 27.1 Å². The molecule has 158 valence electrons. The number of carbonyl (C=O) groups is 1. The van der Waals surface area contributed by atoms with Crippen molar-refractivity contribution in [1.29, 1.82) is 0 Å². The van der Waals surface area contributed by atoms with Crippen LogP contribution in [0.5, 0.6) is 0 Å². The van der Waals surface area contributed by atoms with Gasteiger partial charge in [-0.1, -0.05) is 62.7 Å². The number of anilines is 1. The Morgan fingerprint density at radius 1 is 1.14 bits per heavy atom. The summed E-state index contributed by atoms with van der Waals surface area (Å²) in [6.07, 6.45) is 1.08. The van der Waals surface area contributed by atoms with Gasteiger partial charge >= 0.3 is 0 Å². The molecule has 0 bridgehead atoms. The van der Waals surface area contributed by atoms with Gasteiger partial charge in [0.15, 0.2) is 0 Å². The lowest BCUT2D eigenvalue weighted by Crippen LogP contribution is -2.41. The first-order valence-electron chi connectivity index (χ1n) is 9.43. The summed E-state index contributed by atoms with van der Waals surface area (Å²) in [5, 5.41) is 3.33. The van der Waals surface area contributed by atoms with Gasteiger partial charge in [0.1, 0.15) is 6.54 Å². The molecule has 0 heterocycles.